The lowest BCUT2D eigenvalue weighted by Crippen LogP contribution is -2.40. The van der Waals surface area contributed by atoms with E-state index in [4.69, 9.17) is 0 Å². The van der Waals surface area contributed by atoms with E-state index in [0.717, 1.165) is 11.6 Å². The van der Waals surface area contributed by atoms with E-state index in [1.165, 1.54) is 13.8 Å². The minimum Gasteiger partial charge on any atom is -0.292 e. The number of carbonyl (C=O) groups is 1. The molecular formula is C14H15NO3S. The molecule has 4 nitrogen and oxygen atoms in total. The van der Waals surface area contributed by atoms with Crippen molar-refractivity contribution in [2.45, 2.75) is 18.6 Å². The average molecular weight is 277 g/mol. The third kappa shape index (κ3) is 2.26. The van der Waals surface area contributed by atoms with Crippen LogP contribution in [0.3, 0.4) is 0 Å². The van der Waals surface area contributed by atoms with Crippen molar-refractivity contribution in [3.63, 3.8) is 0 Å². The number of rotatable bonds is 3. The highest BCUT2D eigenvalue weighted by Crippen LogP contribution is 2.26. The maximum atomic E-state index is 12.5. The fourth-order valence-electron chi connectivity index (χ4n) is 1.80. The molecule has 0 bridgehead atoms. The van der Waals surface area contributed by atoms with Gasteiger partial charge >= 0.3 is 0 Å². The van der Waals surface area contributed by atoms with Crippen LogP contribution in [0, 0.1) is 0 Å². The summed E-state index contributed by atoms with van der Waals surface area (Å²) in [6.07, 6.45) is 4.30. The van der Waals surface area contributed by atoms with Gasteiger partial charge in [-0.25, -0.2) is 8.42 Å². The van der Waals surface area contributed by atoms with E-state index in [1.807, 2.05) is 6.07 Å². The van der Waals surface area contributed by atoms with Crippen molar-refractivity contribution in [2.24, 2.45) is 0 Å². The van der Waals surface area contributed by atoms with Gasteiger partial charge in [0.1, 0.15) is 4.75 Å². The number of aromatic nitrogens is 1. The molecule has 0 saturated carbocycles. The number of sulfone groups is 1. The highest BCUT2D eigenvalue weighted by atomic mass is 32.2. The fraction of sp³-hybridized carbons (Fsp3) is 0.286. The van der Waals surface area contributed by atoms with E-state index in [0.29, 0.717) is 10.9 Å². The Morgan fingerprint density at radius 1 is 1.21 bits per heavy atom. The summed E-state index contributed by atoms with van der Waals surface area (Å²) >= 11 is 0. The summed E-state index contributed by atoms with van der Waals surface area (Å²) in [5.41, 5.74) is 0.390. The quantitative estimate of drug-likeness (QED) is 0.807. The smallest absolute Gasteiger partial charge is 0.184 e. The predicted molar refractivity (Wildman–Crippen MR) is 75.0 cm³/mol. The number of Topliss-reactive ketones (excluding diaryl/α,β-unsaturated/α-hetero) is 1. The summed E-state index contributed by atoms with van der Waals surface area (Å²) in [5, 5.41) is 1.54. The third-order valence-corrected chi connectivity index (χ3v) is 5.44. The first-order valence-electron chi connectivity index (χ1n) is 5.82. The number of hydrogen-bond acceptors (Lipinski definition) is 4. The van der Waals surface area contributed by atoms with Crippen LogP contribution in [0.1, 0.15) is 24.2 Å². The van der Waals surface area contributed by atoms with Crippen LogP contribution in [-0.2, 0) is 9.84 Å². The Morgan fingerprint density at radius 3 is 2.53 bits per heavy atom. The molecule has 1 aromatic carbocycles. The van der Waals surface area contributed by atoms with Gasteiger partial charge < -0.3 is 0 Å². The van der Waals surface area contributed by atoms with E-state index in [1.54, 1.807) is 30.6 Å². The zero-order chi connectivity index (χ0) is 14.3. The molecule has 1 heterocycles. The largest absolute Gasteiger partial charge is 0.292 e. The van der Waals surface area contributed by atoms with Gasteiger partial charge in [-0.05, 0) is 25.3 Å². The number of pyridine rings is 1. The monoisotopic (exact) mass is 277 g/mol. The maximum absolute atomic E-state index is 12.5. The molecule has 0 N–H and O–H groups in total. The number of hydrogen-bond donors (Lipinski definition) is 0. The molecule has 1 aromatic heterocycles. The van der Waals surface area contributed by atoms with Gasteiger partial charge in [-0.1, -0.05) is 18.2 Å². The fourth-order valence-corrected chi connectivity index (χ4v) is 2.25. The Bertz CT molecular complexity index is 743. The third-order valence-electron chi connectivity index (χ3n) is 3.40. The summed E-state index contributed by atoms with van der Waals surface area (Å²) in [4.78, 5) is 16.5. The van der Waals surface area contributed by atoms with E-state index in [-0.39, 0.29) is 0 Å². The number of nitrogens with zero attached hydrogens (tertiary/aromatic N) is 1. The predicted octanol–water partition coefficient (Wildman–Crippen LogP) is 2.24. The summed E-state index contributed by atoms with van der Waals surface area (Å²) < 4.78 is 22.1. The second-order valence-corrected chi connectivity index (χ2v) is 7.58. The van der Waals surface area contributed by atoms with Crippen molar-refractivity contribution in [2.75, 3.05) is 6.26 Å². The Kier molecular flexibility index (Phi) is 3.18. The van der Waals surface area contributed by atoms with E-state index >= 15 is 0 Å². The lowest BCUT2D eigenvalue weighted by atomic mass is 9.96. The Morgan fingerprint density at radius 2 is 1.89 bits per heavy atom. The number of ketones is 1. The molecule has 100 valence electrons. The van der Waals surface area contributed by atoms with Crippen LogP contribution >= 0.6 is 0 Å². The molecule has 0 aliphatic rings. The highest BCUT2D eigenvalue weighted by molar-refractivity contribution is 7.92. The van der Waals surface area contributed by atoms with Gasteiger partial charge in [0.05, 0.1) is 0 Å². The van der Waals surface area contributed by atoms with Crippen LogP contribution in [0.15, 0.2) is 36.7 Å². The minimum absolute atomic E-state index is 0.390. The SMILES string of the molecule is CC(C)(C(=O)c1cccc2ccncc12)S(C)(=O)=O. The van der Waals surface area contributed by atoms with Crippen molar-refractivity contribution in [1.29, 1.82) is 0 Å². The highest BCUT2D eigenvalue weighted by Gasteiger charge is 2.39. The van der Waals surface area contributed by atoms with Gasteiger partial charge in [0.15, 0.2) is 15.6 Å². The molecule has 0 atom stereocenters. The van der Waals surface area contributed by atoms with Crippen molar-refractivity contribution >= 4 is 26.4 Å². The molecule has 0 amide bonds. The minimum atomic E-state index is -3.49. The van der Waals surface area contributed by atoms with Crippen molar-refractivity contribution in [3.05, 3.63) is 42.2 Å². The number of fused-ring (bicyclic) bond motifs is 1. The lowest BCUT2D eigenvalue weighted by Gasteiger charge is -2.21. The second-order valence-electron chi connectivity index (χ2n) is 5.01. The molecule has 0 fully saturated rings. The van der Waals surface area contributed by atoms with Gasteiger partial charge in [0, 0.05) is 29.6 Å². The van der Waals surface area contributed by atoms with Gasteiger partial charge in [-0.3, -0.25) is 9.78 Å². The van der Waals surface area contributed by atoms with Gasteiger partial charge in [0.2, 0.25) is 0 Å². The maximum Gasteiger partial charge on any atom is 0.184 e. The standard InChI is InChI=1S/C14H15NO3S/c1-14(2,19(3,17)18)13(16)11-6-4-5-10-7-8-15-9-12(10)11/h4-9H,1-3H3. The molecule has 2 rings (SSSR count). The van der Waals surface area contributed by atoms with Crippen LogP contribution in [0.2, 0.25) is 0 Å². The first-order valence-corrected chi connectivity index (χ1v) is 7.71. The number of carbonyl (C=O) groups excluding carboxylic acids is 1. The summed E-state index contributed by atoms with van der Waals surface area (Å²) in [6.45, 7) is 2.86. The van der Waals surface area contributed by atoms with Crippen LogP contribution in [-0.4, -0.2) is 30.2 Å². The molecule has 0 unspecified atom stereocenters. The molecule has 0 aliphatic carbocycles. The Labute approximate surface area is 112 Å². The van der Waals surface area contributed by atoms with E-state index in [9.17, 15) is 13.2 Å². The van der Waals surface area contributed by atoms with Gasteiger partial charge in [-0.2, -0.15) is 0 Å². The van der Waals surface area contributed by atoms with Crippen molar-refractivity contribution in [1.82, 2.24) is 4.98 Å². The molecule has 0 aliphatic heterocycles. The lowest BCUT2D eigenvalue weighted by molar-refractivity contribution is 0.0955. The van der Waals surface area contributed by atoms with Crippen LogP contribution in [0.4, 0.5) is 0 Å². The zero-order valence-corrected chi connectivity index (χ0v) is 11.9. The Hall–Kier alpha value is -1.75. The molecule has 19 heavy (non-hydrogen) atoms. The molecular weight excluding hydrogens is 262 g/mol. The van der Waals surface area contributed by atoms with E-state index in [2.05, 4.69) is 4.98 Å². The summed E-state index contributed by atoms with van der Waals surface area (Å²) in [5.74, 6) is -0.409. The van der Waals surface area contributed by atoms with Crippen LogP contribution in [0.25, 0.3) is 10.8 Å². The summed E-state index contributed by atoms with van der Waals surface area (Å²) in [6, 6.07) is 7.04. The first kappa shape index (κ1) is 13.7. The van der Waals surface area contributed by atoms with Gasteiger partial charge in [-0.15, -0.1) is 0 Å². The second kappa shape index (κ2) is 4.42. The molecule has 0 spiro atoms. The number of benzene rings is 1. The molecule has 0 saturated heterocycles. The molecule has 0 radical (unpaired) electrons. The normalized spacial score (nSPS) is 12.6. The topological polar surface area (TPSA) is 64.1 Å². The van der Waals surface area contributed by atoms with E-state index < -0.39 is 20.4 Å². The van der Waals surface area contributed by atoms with Crippen molar-refractivity contribution in [3.8, 4) is 0 Å². The zero-order valence-electron chi connectivity index (χ0n) is 11.0. The van der Waals surface area contributed by atoms with Gasteiger partial charge in [0.25, 0.3) is 0 Å². The Balaban J connectivity index is 2.67. The first-order chi connectivity index (χ1) is 8.75. The van der Waals surface area contributed by atoms with Crippen LogP contribution in [0.5, 0.6) is 0 Å². The average Bonchev–Trinajstić information content (AvgIpc) is 2.36. The van der Waals surface area contributed by atoms with Crippen LogP contribution < -0.4 is 0 Å². The molecule has 2 aromatic rings. The molecule has 5 heteroatoms. The van der Waals surface area contributed by atoms with Crippen molar-refractivity contribution < 1.29 is 13.2 Å². The summed E-state index contributed by atoms with van der Waals surface area (Å²) in [7, 11) is -3.49.